The maximum absolute atomic E-state index is 11.9. The van der Waals surface area contributed by atoms with Crippen molar-refractivity contribution in [3.8, 4) is 0 Å². The normalized spacial score (nSPS) is 11.8. The molecule has 0 aromatic carbocycles. The van der Waals surface area contributed by atoms with Gasteiger partial charge in [-0.05, 0) is 30.7 Å². The predicted octanol–water partition coefficient (Wildman–Crippen LogP) is 2.08. The van der Waals surface area contributed by atoms with E-state index in [0.717, 1.165) is 0 Å². The molecular formula is C16H14O7. The van der Waals surface area contributed by atoms with E-state index in [2.05, 4.69) is 0 Å². The number of carboxylic acids is 2. The second-order valence-corrected chi connectivity index (χ2v) is 4.73. The summed E-state index contributed by atoms with van der Waals surface area (Å²) < 4.78 is 10.2. The van der Waals surface area contributed by atoms with E-state index in [4.69, 9.17) is 13.9 Å². The lowest BCUT2D eigenvalue weighted by molar-refractivity contribution is -0.147. The fourth-order valence-electron chi connectivity index (χ4n) is 2.13. The largest absolute Gasteiger partial charge is 0.478 e. The Hall–Kier alpha value is -3.09. The number of furan rings is 2. The van der Waals surface area contributed by atoms with Crippen molar-refractivity contribution < 1.29 is 33.4 Å². The molecule has 2 heterocycles. The number of carbonyl (C=O) groups excluding carboxylic acids is 1. The van der Waals surface area contributed by atoms with E-state index in [-0.39, 0.29) is 30.4 Å². The van der Waals surface area contributed by atoms with Crippen LogP contribution in [0.3, 0.4) is 0 Å². The molecule has 0 radical (unpaired) electrons. The second-order valence-electron chi connectivity index (χ2n) is 4.73. The molecular weight excluding hydrogens is 304 g/mol. The summed E-state index contributed by atoms with van der Waals surface area (Å²) >= 11 is 0. The molecule has 2 aromatic heterocycles. The highest BCUT2D eigenvalue weighted by atomic mass is 16.4. The molecule has 7 nitrogen and oxygen atoms in total. The van der Waals surface area contributed by atoms with Gasteiger partial charge < -0.3 is 19.0 Å². The van der Waals surface area contributed by atoms with Gasteiger partial charge in [-0.15, -0.1) is 0 Å². The van der Waals surface area contributed by atoms with Gasteiger partial charge >= 0.3 is 11.9 Å². The number of ketones is 1. The van der Waals surface area contributed by atoms with Crippen LogP contribution < -0.4 is 0 Å². The van der Waals surface area contributed by atoms with Crippen LogP contribution >= 0.6 is 0 Å². The summed E-state index contributed by atoms with van der Waals surface area (Å²) in [4.78, 5) is 34.4. The fourth-order valence-corrected chi connectivity index (χ4v) is 2.13. The van der Waals surface area contributed by atoms with E-state index in [9.17, 15) is 19.5 Å². The first-order chi connectivity index (χ1) is 11.0. The number of carboxylic acid groups (broad SMARTS) is 2. The van der Waals surface area contributed by atoms with Crippen molar-refractivity contribution >= 4 is 17.7 Å². The van der Waals surface area contributed by atoms with Crippen molar-refractivity contribution in [2.45, 2.75) is 19.3 Å². The van der Waals surface area contributed by atoms with Crippen LogP contribution in [0.5, 0.6) is 0 Å². The van der Waals surface area contributed by atoms with E-state index in [1.54, 1.807) is 24.3 Å². The Labute approximate surface area is 130 Å². The third-order valence-corrected chi connectivity index (χ3v) is 3.22. The van der Waals surface area contributed by atoms with E-state index >= 15 is 0 Å². The minimum absolute atomic E-state index is 0.0299. The summed E-state index contributed by atoms with van der Waals surface area (Å²) in [6.45, 7) is 0. The van der Waals surface area contributed by atoms with Crippen molar-refractivity contribution in [2.75, 3.05) is 0 Å². The number of Topliss-reactive ketones (excluding diaryl/α,β-unsaturated/α-hetero) is 1. The van der Waals surface area contributed by atoms with Crippen LogP contribution in [-0.2, 0) is 27.2 Å². The highest BCUT2D eigenvalue weighted by Crippen LogP contribution is 2.19. The molecule has 2 aromatic rings. The van der Waals surface area contributed by atoms with Crippen molar-refractivity contribution in [2.24, 2.45) is 0 Å². The second kappa shape index (κ2) is 7.26. The monoisotopic (exact) mass is 318 g/mol. The molecule has 0 bridgehead atoms. The molecule has 2 rings (SSSR count). The number of aryl methyl sites for hydroxylation is 1. The summed E-state index contributed by atoms with van der Waals surface area (Å²) in [5.41, 5.74) is -0.559. The first-order valence-electron chi connectivity index (χ1n) is 6.76. The maximum atomic E-state index is 11.9. The summed E-state index contributed by atoms with van der Waals surface area (Å²) in [6, 6.07) is 6.44. The number of rotatable bonds is 8. The molecule has 2 N–H and O–H groups in total. The third kappa shape index (κ3) is 4.19. The summed E-state index contributed by atoms with van der Waals surface area (Å²) in [5.74, 6) is -3.44. The standard InChI is InChI=1S/C16H14O7/c17-14(16(20)21)13(9-11-4-2-8-23-11)12(15(18)19)6-5-10-3-1-7-22-10/h1-4,7-8H,5-6,9H2,(H,18,19)(H,20,21). The molecule has 0 saturated heterocycles. The third-order valence-electron chi connectivity index (χ3n) is 3.22. The fraction of sp³-hybridized carbons (Fsp3) is 0.188. The SMILES string of the molecule is O=C(O)C(=O)C(Cc1ccco1)=C(CCc1ccco1)C(=O)O. The predicted molar refractivity (Wildman–Crippen MR) is 76.7 cm³/mol. The minimum atomic E-state index is -1.71. The van der Waals surface area contributed by atoms with E-state index in [1.165, 1.54) is 12.5 Å². The molecule has 0 atom stereocenters. The van der Waals surface area contributed by atoms with Gasteiger partial charge in [-0.25, -0.2) is 9.59 Å². The van der Waals surface area contributed by atoms with Crippen LogP contribution in [0.1, 0.15) is 17.9 Å². The number of hydrogen-bond donors (Lipinski definition) is 2. The molecule has 0 saturated carbocycles. The molecule has 23 heavy (non-hydrogen) atoms. The Morgan fingerprint density at radius 1 is 0.870 bits per heavy atom. The molecule has 0 aliphatic rings. The van der Waals surface area contributed by atoms with Crippen LogP contribution in [0.25, 0.3) is 0 Å². The van der Waals surface area contributed by atoms with Crippen molar-refractivity contribution in [3.63, 3.8) is 0 Å². The van der Waals surface area contributed by atoms with Gasteiger partial charge in [-0.1, -0.05) is 0 Å². The van der Waals surface area contributed by atoms with Gasteiger partial charge in [-0.3, -0.25) is 4.79 Å². The van der Waals surface area contributed by atoms with Gasteiger partial charge in [0, 0.05) is 24.0 Å². The van der Waals surface area contributed by atoms with Crippen LogP contribution in [0.4, 0.5) is 0 Å². The first kappa shape index (κ1) is 16.3. The van der Waals surface area contributed by atoms with Crippen molar-refractivity contribution in [1.82, 2.24) is 0 Å². The van der Waals surface area contributed by atoms with Crippen molar-refractivity contribution in [3.05, 3.63) is 59.5 Å². The molecule has 0 unspecified atom stereocenters. The molecule has 0 aliphatic heterocycles. The van der Waals surface area contributed by atoms with Gasteiger partial charge in [0.2, 0.25) is 0 Å². The topological polar surface area (TPSA) is 118 Å². The lowest BCUT2D eigenvalue weighted by atomic mass is 9.95. The molecule has 120 valence electrons. The summed E-state index contributed by atoms with van der Waals surface area (Å²) in [6.07, 6.45) is 2.83. The minimum Gasteiger partial charge on any atom is -0.478 e. The summed E-state index contributed by atoms with van der Waals surface area (Å²) in [7, 11) is 0. The van der Waals surface area contributed by atoms with E-state index in [0.29, 0.717) is 11.5 Å². The van der Waals surface area contributed by atoms with Crippen molar-refractivity contribution in [1.29, 1.82) is 0 Å². The lowest BCUT2D eigenvalue weighted by Crippen LogP contribution is -2.21. The van der Waals surface area contributed by atoms with E-state index < -0.39 is 17.7 Å². The smallest absolute Gasteiger partial charge is 0.376 e. The first-order valence-corrected chi connectivity index (χ1v) is 6.76. The highest BCUT2D eigenvalue weighted by molar-refractivity contribution is 6.40. The Morgan fingerprint density at radius 3 is 1.96 bits per heavy atom. The Kier molecular flexibility index (Phi) is 5.14. The maximum Gasteiger partial charge on any atom is 0.376 e. The molecule has 0 amide bonds. The number of hydrogen-bond acceptors (Lipinski definition) is 5. The van der Waals surface area contributed by atoms with Gasteiger partial charge in [-0.2, -0.15) is 0 Å². The highest BCUT2D eigenvalue weighted by Gasteiger charge is 2.26. The molecule has 0 spiro atoms. The molecule has 0 fully saturated rings. The molecule has 0 aliphatic carbocycles. The Balaban J connectivity index is 2.34. The average molecular weight is 318 g/mol. The quantitative estimate of drug-likeness (QED) is 0.565. The lowest BCUT2D eigenvalue weighted by Gasteiger charge is -2.08. The van der Waals surface area contributed by atoms with Gasteiger partial charge in [0.05, 0.1) is 12.5 Å². The van der Waals surface area contributed by atoms with Gasteiger partial charge in [0.25, 0.3) is 5.78 Å². The zero-order chi connectivity index (χ0) is 16.8. The van der Waals surface area contributed by atoms with Crippen LogP contribution in [-0.4, -0.2) is 27.9 Å². The number of carbonyl (C=O) groups is 3. The van der Waals surface area contributed by atoms with Gasteiger partial charge in [0.15, 0.2) is 0 Å². The average Bonchev–Trinajstić information content (AvgIpc) is 3.18. The zero-order valence-corrected chi connectivity index (χ0v) is 12.0. The van der Waals surface area contributed by atoms with Crippen LogP contribution in [0.15, 0.2) is 56.8 Å². The van der Waals surface area contributed by atoms with E-state index in [1.807, 2.05) is 0 Å². The summed E-state index contributed by atoms with van der Waals surface area (Å²) in [5, 5.41) is 18.3. The van der Waals surface area contributed by atoms with Gasteiger partial charge in [0.1, 0.15) is 11.5 Å². The number of aliphatic carboxylic acids is 2. The van der Waals surface area contributed by atoms with Crippen LogP contribution in [0.2, 0.25) is 0 Å². The van der Waals surface area contributed by atoms with Crippen LogP contribution in [0, 0.1) is 0 Å². The Morgan fingerprint density at radius 2 is 1.48 bits per heavy atom. The Bertz CT molecular complexity index is 721. The zero-order valence-electron chi connectivity index (χ0n) is 12.0. The molecule has 7 heteroatoms.